The topological polar surface area (TPSA) is 58.0 Å². The number of rotatable bonds is 3. The van der Waals surface area contributed by atoms with Gasteiger partial charge in [0.1, 0.15) is 12.1 Å². The standard InChI is InChI=1S/C9H11N3OS/c1-6(13)4-10-9-8-7(2-3-14-8)11-5-12-9/h2-3,5-6,13H,4H2,1H3,(H,10,11,12)/t6-/m0/s1. The van der Waals surface area contributed by atoms with Gasteiger partial charge in [-0.1, -0.05) is 0 Å². The third-order valence-electron chi connectivity index (χ3n) is 1.81. The molecule has 2 N–H and O–H groups in total. The molecule has 0 aliphatic rings. The van der Waals surface area contributed by atoms with Crippen LogP contribution in [0.2, 0.25) is 0 Å². The lowest BCUT2D eigenvalue weighted by molar-refractivity contribution is 0.208. The van der Waals surface area contributed by atoms with Gasteiger partial charge in [0.25, 0.3) is 0 Å². The number of thiophene rings is 1. The van der Waals surface area contributed by atoms with Crippen molar-refractivity contribution in [2.75, 3.05) is 11.9 Å². The van der Waals surface area contributed by atoms with Gasteiger partial charge in [0.2, 0.25) is 0 Å². The fourth-order valence-corrected chi connectivity index (χ4v) is 1.97. The second-order valence-electron chi connectivity index (χ2n) is 3.09. The number of hydrogen-bond donors (Lipinski definition) is 2. The Kier molecular flexibility index (Phi) is 2.60. The zero-order chi connectivity index (χ0) is 9.97. The molecule has 4 nitrogen and oxygen atoms in total. The number of nitrogens with zero attached hydrogens (tertiary/aromatic N) is 2. The number of aliphatic hydroxyl groups is 1. The quantitative estimate of drug-likeness (QED) is 0.804. The third kappa shape index (κ3) is 1.83. The Morgan fingerprint density at radius 3 is 3.21 bits per heavy atom. The number of hydrogen-bond acceptors (Lipinski definition) is 5. The zero-order valence-electron chi connectivity index (χ0n) is 7.77. The van der Waals surface area contributed by atoms with Crippen LogP contribution in [0.15, 0.2) is 17.8 Å². The maximum absolute atomic E-state index is 9.13. The van der Waals surface area contributed by atoms with Crippen LogP contribution < -0.4 is 5.32 Å². The van der Waals surface area contributed by atoms with Crippen LogP contribution >= 0.6 is 11.3 Å². The Balaban J connectivity index is 2.27. The van der Waals surface area contributed by atoms with Crippen LogP contribution in [0.4, 0.5) is 5.82 Å². The van der Waals surface area contributed by atoms with Gasteiger partial charge in [-0.3, -0.25) is 0 Å². The fraction of sp³-hybridized carbons (Fsp3) is 0.333. The molecule has 2 rings (SSSR count). The molecule has 0 saturated carbocycles. The molecule has 0 saturated heterocycles. The number of anilines is 1. The Morgan fingerprint density at radius 2 is 2.43 bits per heavy atom. The van der Waals surface area contributed by atoms with E-state index in [4.69, 9.17) is 5.11 Å². The molecule has 1 atom stereocenters. The van der Waals surface area contributed by atoms with E-state index in [9.17, 15) is 0 Å². The van der Waals surface area contributed by atoms with Gasteiger partial charge in [0, 0.05) is 6.54 Å². The van der Waals surface area contributed by atoms with Crippen LogP contribution in [0.1, 0.15) is 6.92 Å². The van der Waals surface area contributed by atoms with Crippen molar-refractivity contribution in [2.24, 2.45) is 0 Å². The number of aliphatic hydroxyl groups excluding tert-OH is 1. The first kappa shape index (κ1) is 9.36. The van der Waals surface area contributed by atoms with E-state index in [1.54, 1.807) is 18.3 Å². The summed E-state index contributed by atoms with van der Waals surface area (Å²) in [6.45, 7) is 2.24. The van der Waals surface area contributed by atoms with Crippen molar-refractivity contribution in [3.05, 3.63) is 17.8 Å². The summed E-state index contributed by atoms with van der Waals surface area (Å²) < 4.78 is 1.04. The predicted molar refractivity (Wildman–Crippen MR) is 57.6 cm³/mol. The van der Waals surface area contributed by atoms with Crippen molar-refractivity contribution >= 4 is 27.4 Å². The van der Waals surface area contributed by atoms with Crippen LogP contribution in [0.25, 0.3) is 10.2 Å². The lowest BCUT2D eigenvalue weighted by Gasteiger charge is -2.07. The second-order valence-corrected chi connectivity index (χ2v) is 4.00. The number of fused-ring (bicyclic) bond motifs is 1. The van der Waals surface area contributed by atoms with E-state index in [2.05, 4.69) is 15.3 Å². The van der Waals surface area contributed by atoms with Gasteiger partial charge < -0.3 is 10.4 Å². The molecule has 0 spiro atoms. The summed E-state index contributed by atoms with van der Waals surface area (Å²) in [6.07, 6.45) is 1.15. The van der Waals surface area contributed by atoms with Crippen LogP contribution in [0.5, 0.6) is 0 Å². The molecule has 0 aliphatic carbocycles. The van der Waals surface area contributed by atoms with E-state index in [0.29, 0.717) is 6.54 Å². The third-order valence-corrected chi connectivity index (χ3v) is 2.72. The van der Waals surface area contributed by atoms with Gasteiger partial charge in [-0.05, 0) is 18.4 Å². The first-order valence-electron chi connectivity index (χ1n) is 4.37. The minimum absolute atomic E-state index is 0.375. The summed E-state index contributed by atoms with van der Waals surface area (Å²) in [5.41, 5.74) is 0.943. The summed E-state index contributed by atoms with van der Waals surface area (Å²) >= 11 is 1.60. The molecule has 2 aromatic rings. The van der Waals surface area contributed by atoms with E-state index >= 15 is 0 Å². The van der Waals surface area contributed by atoms with Crippen molar-refractivity contribution < 1.29 is 5.11 Å². The van der Waals surface area contributed by atoms with Gasteiger partial charge >= 0.3 is 0 Å². The van der Waals surface area contributed by atoms with Crippen molar-refractivity contribution in [1.82, 2.24) is 9.97 Å². The van der Waals surface area contributed by atoms with E-state index in [1.165, 1.54) is 6.33 Å². The minimum atomic E-state index is -0.375. The predicted octanol–water partition coefficient (Wildman–Crippen LogP) is 1.48. The summed E-state index contributed by atoms with van der Waals surface area (Å²) in [4.78, 5) is 8.25. The van der Waals surface area contributed by atoms with Gasteiger partial charge in [0.15, 0.2) is 0 Å². The van der Waals surface area contributed by atoms with Gasteiger partial charge in [-0.2, -0.15) is 0 Å². The highest BCUT2D eigenvalue weighted by molar-refractivity contribution is 7.17. The smallest absolute Gasteiger partial charge is 0.147 e. The summed E-state index contributed by atoms with van der Waals surface area (Å²) in [6, 6.07) is 1.95. The number of nitrogens with one attached hydrogen (secondary N) is 1. The number of aromatic nitrogens is 2. The van der Waals surface area contributed by atoms with Crippen LogP contribution in [0, 0.1) is 0 Å². The Morgan fingerprint density at radius 1 is 1.57 bits per heavy atom. The van der Waals surface area contributed by atoms with E-state index < -0.39 is 0 Å². The molecule has 2 heterocycles. The highest BCUT2D eigenvalue weighted by atomic mass is 32.1. The van der Waals surface area contributed by atoms with Crippen molar-refractivity contribution in [2.45, 2.75) is 13.0 Å². The first-order chi connectivity index (χ1) is 6.77. The molecule has 0 fully saturated rings. The lowest BCUT2D eigenvalue weighted by Crippen LogP contribution is -2.16. The maximum Gasteiger partial charge on any atom is 0.147 e. The molecule has 74 valence electrons. The SMILES string of the molecule is C[C@H](O)CNc1ncnc2ccsc12. The van der Waals surface area contributed by atoms with Crippen molar-refractivity contribution in [3.63, 3.8) is 0 Å². The monoisotopic (exact) mass is 209 g/mol. The van der Waals surface area contributed by atoms with Gasteiger partial charge in [-0.25, -0.2) is 9.97 Å². The summed E-state index contributed by atoms with van der Waals surface area (Å²) in [5.74, 6) is 0.797. The highest BCUT2D eigenvalue weighted by Gasteiger charge is 2.04. The van der Waals surface area contributed by atoms with Gasteiger partial charge in [0.05, 0.1) is 16.3 Å². The Labute approximate surface area is 85.6 Å². The molecule has 0 aromatic carbocycles. The second kappa shape index (κ2) is 3.89. The van der Waals surface area contributed by atoms with Crippen LogP contribution in [-0.2, 0) is 0 Å². The fourth-order valence-electron chi connectivity index (χ4n) is 1.16. The first-order valence-corrected chi connectivity index (χ1v) is 5.25. The normalized spacial score (nSPS) is 13.0. The molecule has 0 radical (unpaired) electrons. The molecule has 0 bridgehead atoms. The van der Waals surface area contributed by atoms with E-state index in [0.717, 1.165) is 16.0 Å². The minimum Gasteiger partial charge on any atom is -0.392 e. The summed E-state index contributed by atoms with van der Waals surface area (Å²) in [5, 5.41) is 14.2. The van der Waals surface area contributed by atoms with Crippen LogP contribution in [0.3, 0.4) is 0 Å². The van der Waals surface area contributed by atoms with Gasteiger partial charge in [-0.15, -0.1) is 11.3 Å². The molecular weight excluding hydrogens is 198 g/mol. The summed E-state index contributed by atoms with van der Waals surface area (Å²) in [7, 11) is 0. The van der Waals surface area contributed by atoms with Crippen molar-refractivity contribution in [1.29, 1.82) is 0 Å². The largest absolute Gasteiger partial charge is 0.392 e. The average molecular weight is 209 g/mol. The molecule has 0 unspecified atom stereocenters. The van der Waals surface area contributed by atoms with Crippen molar-refractivity contribution in [3.8, 4) is 0 Å². The molecule has 2 aromatic heterocycles. The molecule has 5 heteroatoms. The van der Waals surface area contributed by atoms with E-state index in [-0.39, 0.29) is 6.10 Å². The van der Waals surface area contributed by atoms with E-state index in [1.807, 2.05) is 11.4 Å². The zero-order valence-corrected chi connectivity index (χ0v) is 8.58. The Hall–Kier alpha value is -1.20. The molecule has 14 heavy (non-hydrogen) atoms. The average Bonchev–Trinajstić information content (AvgIpc) is 2.62. The molecular formula is C9H11N3OS. The molecule has 0 amide bonds. The highest BCUT2D eigenvalue weighted by Crippen LogP contribution is 2.24. The Bertz CT molecular complexity index is 427. The maximum atomic E-state index is 9.13. The molecule has 0 aliphatic heterocycles. The van der Waals surface area contributed by atoms with Crippen LogP contribution in [-0.4, -0.2) is 27.7 Å². The lowest BCUT2D eigenvalue weighted by atomic mass is 10.4.